The molecule has 0 saturated heterocycles. The highest BCUT2D eigenvalue weighted by atomic mass is 16.1. The zero-order valence-electron chi connectivity index (χ0n) is 9.99. The molecule has 0 radical (unpaired) electrons. The number of hydrogen-bond acceptors (Lipinski definition) is 1. The van der Waals surface area contributed by atoms with Crippen LogP contribution in [0.15, 0.2) is 35.9 Å². The van der Waals surface area contributed by atoms with Gasteiger partial charge >= 0.3 is 0 Å². The number of unbranched alkanes of at least 4 members (excludes halogenated alkanes) is 3. The van der Waals surface area contributed by atoms with Crippen molar-refractivity contribution >= 4 is 12.4 Å². The van der Waals surface area contributed by atoms with Crippen LogP contribution < -0.4 is 0 Å². The molecule has 0 N–H and O–H groups in total. The van der Waals surface area contributed by atoms with E-state index in [1.165, 1.54) is 19.3 Å². The van der Waals surface area contributed by atoms with Gasteiger partial charge < -0.3 is 0 Å². The van der Waals surface area contributed by atoms with Crippen molar-refractivity contribution < 1.29 is 4.79 Å². The monoisotopic (exact) mass is 216 g/mol. The van der Waals surface area contributed by atoms with E-state index in [0.717, 1.165) is 30.3 Å². The molecule has 1 nitrogen and oxygen atoms in total. The lowest BCUT2D eigenvalue weighted by Gasteiger charge is -2.00. The van der Waals surface area contributed by atoms with Gasteiger partial charge in [-0.25, -0.2) is 0 Å². The van der Waals surface area contributed by atoms with Crippen LogP contribution in [0.1, 0.15) is 44.6 Å². The van der Waals surface area contributed by atoms with Crippen molar-refractivity contribution in [1.82, 2.24) is 0 Å². The first-order valence-electron chi connectivity index (χ1n) is 6.07. The zero-order chi connectivity index (χ0) is 11.6. The molecule has 0 atom stereocenters. The molecule has 0 fully saturated rings. The van der Waals surface area contributed by atoms with Gasteiger partial charge in [-0.15, -0.1) is 0 Å². The molecule has 0 aromatic heterocycles. The maximum absolute atomic E-state index is 10.9. The molecular weight excluding hydrogens is 196 g/mol. The van der Waals surface area contributed by atoms with Crippen molar-refractivity contribution in [2.45, 2.75) is 39.0 Å². The molecule has 0 aliphatic rings. The number of aldehydes is 1. The number of carbonyl (C=O) groups excluding carboxylic acids is 1. The summed E-state index contributed by atoms with van der Waals surface area (Å²) in [4.78, 5) is 10.9. The highest BCUT2D eigenvalue weighted by Gasteiger charge is 1.96. The maximum atomic E-state index is 10.9. The number of hydrogen-bond donors (Lipinski definition) is 0. The molecule has 0 unspecified atom stereocenters. The Morgan fingerprint density at radius 3 is 2.50 bits per heavy atom. The summed E-state index contributed by atoms with van der Waals surface area (Å²) in [7, 11) is 0. The SMILES string of the molecule is CCCCCC/C(C=O)=C/c1ccccc1. The van der Waals surface area contributed by atoms with Crippen molar-refractivity contribution in [3.8, 4) is 0 Å². The topological polar surface area (TPSA) is 17.1 Å². The van der Waals surface area contributed by atoms with Gasteiger partial charge in [0.25, 0.3) is 0 Å². The Balaban J connectivity index is 2.47. The number of allylic oxidation sites excluding steroid dienone is 1. The van der Waals surface area contributed by atoms with Gasteiger partial charge in [0.2, 0.25) is 0 Å². The van der Waals surface area contributed by atoms with Gasteiger partial charge in [0.15, 0.2) is 0 Å². The smallest absolute Gasteiger partial charge is 0.146 e. The van der Waals surface area contributed by atoms with E-state index in [1.54, 1.807) is 0 Å². The molecule has 1 aromatic carbocycles. The highest BCUT2D eigenvalue weighted by molar-refractivity contribution is 5.81. The average molecular weight is 216 g/mol. The molecule has 1 rings (SSSR count). The lowest BCUT2D eigenvalue weighted by Crippen LogP contribution is -1.86. The Bertz CT molecular complexity index is 325. The van der Waals surface area contributed by atoms with Gasteiger partial charge in [-0.1, -0.05) is 56.5 Å². The largest absolute Gasteiger partial charge is 0.298 e. The quantitative estimate of drug-likeness (QED) is 0.378. The van der Waals surface area contributed by atoms with Crippen LogP contribution in [0.3, 0.4) is 0 Å². The minimum Gasteiger partial charge on any atom is -0.298 e. The molecule has 0 saturated carbocycles. The van der Waals surface area contributed by atoms with E-state index in [2.05, 4.69) is 6.92 Å². The van der Waals surface area contributed by atoms with Crippen LogP contribution >= 0.6 is 0 Å². The normalized spacial score (nSPS) is 11.4. The Hall–Kier alpha value is -1.37. The number of benzene rings is 1. The van der Waals surface area contributed by atoms with Gasteiger partial charge in [0.05, 0.1) is 0 Å². The predicted molar refractivity (Wildman–Crippen MR) is 69.2 cm³/mol. The van der Waals surface area contributed by atoms with E-state index in [-0.39, 0.29) is 0 Å². The first-order valence-corrected chi connectivity index (χ1v) is 6.07. The zero-order valence-corrected chi connectivity index (χ0v) is 9.99. The lowest BCUT2D eigenvalue weighted by molar-refractivity contribution is -0.105. The summed E-state index contributed by atoms with van der Waals surface area (Å²) >= 11 is 0. The Morgan fingerprint density at radius 2 is 1.88 bits per heavy atom. The second-order valence-corrected chi connectivity index (χ2v) is 4.06. The van der Waals surface area contributed by atoms with Crippen LogP contribution in [0.5, 0.6) is 0 Å². The van der Waals surface area contributed by atoms with Crippen LogP contribution in [0.25, 0.3) is 6.08 Å². The number of rotatable bonds is 7. The van der Waals surface area contributed by atoms with E-state index < -0.39 is 0 Å². The van der Waals surface area contributed by atoms with Gasteiger partial charge in [0.1, 0.15) is 6.29 Å². The van der Waals surface area contributed by atoms with Crippen LogP contribution in [-0.2, 0) is 4.79 Å². The first kappa shape index (κ1) is 12.7. The van der Waals surface area contributed by atoms with Crippen molar-refractivity contribution in [1.29, 1.82) is 0 Å². The first-order chi connectivity index (χ1) is 7.86. The van der Waals surface area contributed by atoms with E-state index in [1.807, 2.05) is 36.4 Å². The molecule has 86 valence electrons. The van der Waals surface area contributed by atoms with Crippen molar-refractivity contribution in [2.24, 2.45) is 0 Å². The highest BCUT2D eigenvalue weighted by Crippen LogP contribution is 2.12. The summed E-state index contributed by atoms with van der Waals surface area (Å²) in [6.07, 6.45) is 8.70. The molecule has 1 heteroatoms. The third kappa shape index (κ3) is 4.92. The Morgan fingerprint density at radius 1 is 1.12 bits per heavy atom. The standard InChI is InChI=1S/C15H20O/c1-2-3-4-6-11-15(13-16)12-14-9-7-5-8-10-14/h5,7-10,12-13H,2-4,6,11H2,1H3/b15-12-. The second-order valence-electron chi connectivity index (χ2n) is 4.06. The molecular formula is C15H20O. The van der Waals surface area contributed by atoms with Gasteiger partial charge in [0, 0.05) is 0 Å². The van der Waals surface area contributed by atoms with E-state index in [9.17, 15) is 4.79 Å². The van der Waals surface area contributed by atoms with Gasteiger partial charge in [-0.05, 0) is 30.1 Å². The third-order valence-corrected chi connectivity index (χ3v) is 2.62. The lowest BCUT2D eigenvalue weighted by atomic mass is 10.0. The molecule has 0 amide bonds. The summed E-state index contributed by atoms with van der Waals surface area (Å²) in [6, 6.07) is 10.0. The van der Waals surface area contributed by atoms with E-state index in [0.29, 0.717) is 0 Å². The van der Waals surface area contributed by atoms with Crippen molar-refractivity contribution in [3.63, 3.8) is 0 Å². The molecule has 16 heavy (non-hydrogen) atoms. The Labute approximate surface area is 98.2 Å². The third-order valence-electron chi connectivity index (χ3n) is 2.62. The maximum Gasteiger partial charge on any atom is 0.146 e. The summed E-state index contributed by atoms with van der Waals surface area (Å²) in [6.45, 7) is 2.19. The summed E-state index contributed by atoms with van der Waals surface area (Å²) in [5.74, 6) is 0. The van der Waals surface area contributed by atoms with Crippen molar-refractivity contribution in [2.75, 3.05) is 0 Å². The Kier molecular flexibility index (Phi) is 6.24. The molecule has 1 aromatic rings. The molecule has 0 aliphatic heterocycles. The number of carbonyl (C=O) groups is 1. The van der Waals surface area contributed by atoms with Crippen LogP contribution in [0.4, 0.5) is 0 Å². The van der Waals surface area contributed by atoms with Crippen molar-refractivity contribution in [3.05, 3.63) is 41.5 Å². The molecule has 0 bridgehead atoms. The average Bonchev–Trinajstić information content (AvgIpc) is 2.34. The minimum atomic E-state index is 0.901. The van der Waals surface area contributed by atoms with Gasteiger partial charge in [-0.2, -0.15) is 0 Å². The minimum absolute atomic E-state index is 0.901. The molecule has 0 aliphatic carbocycles. The second kappa shape index (κ2) is 7.86. The molecule has 0 heterocycles. The summed E-state index contributed by atoms with van der Waals surface area (Å²) in [5.41, 5.74) is 2.02. The molecule has 0 spiro atoms. The fourth-order valence-electron chi connectivity index (χ4n) is 1.68. The summed E-state index contributed by atoms with van der Waals surface area (Å²) in [5, 5.41) is 0. The van der Waals surface area contributed by atoms with Crippen LogP contribution in [-0.4, -0.2) is 6.29 Å². The van der Waals surface area contributed by atoms with E-state index >= 15 is 0 Å². The van der Waals surface area contributed by atoms with Crippen LogP contribution in [0, 0.1) is 0 Å². The van der Waals surface area contributed by atoms with Crippen LogP contribution in [0.2, 0.25) is 0 Å². The fourth-order valence-corrected chi connectivity index (χ4v) is 1.68. The predicted octanol–water partition coefficient (Wildman–Crippen LogP) is 4.24. The fraction of sp³-hybridized carbons (Fsp3) is 0.400. The van der Waals surface area contributed by atoms with E-state index in [4.69, 9.17) is 0 Å². The van der Waals surface area contributed by atoms with Gasteiger partial charge in [-0.3, -0.25) is 4.79 Å². The summed E-state index contributed by atoms with van der Waals surface area (Å²) < 4.78 is 0.